The quantitative estimate of drug-likeness (QED) is 0.886. The van der Waals surface area contributed by atoms with Gasteiger partial charge >= 0.3 is 0 Å². The lowest BCUT2D eigenvalue weighted by atomic mass is 10.1. The molecular formula is C15H24N2O2. The molecule has 0 aliphatic heterocycles. The summed E-state index contributed by atoms with van der Waals surface area (Å²) < 4.78 is 5.71. The van der Waals surface area contributed by atoms with Crippen molar-refractivity contribution in [1.82, 2.24) is 5.32 Å². The number of ether oxygens (including phenoxy) is 1. The topological polar surface area (TPSA) is 41.6 Å². The molecule has 0 aromatic heterocycles. The first-order valence-corrected chi connectivity index (χ1v) is 6.47. The zero-order valence-electron chi connectivity index (χ0n) is 12.5. The van der Waals surface area contributed by atoms with Gasteiger partial charge in [0, 0.05) is 12.7 Å². The second-order valence-electron chi connectivity index (χ2n) is 5.55. The fourth-order valence-electron chi connectivity index (χ4n) is 1.53. The summed E-state index contributed by atoms with van der Waals surface area (Å²) in [5, 5.41) is 2.86. The Hall–Kier alpha value is -1.39. The lowest BCUT2D eigenvalue weighted by Crippen LogP contribution is -2.34. The van der Waals surface area contributed by atoms with Gasteiger partial charge in [-0.3, -0.25) is 4.79 Å². The smallest absolute Gasteiger partial charge is 0.240 e. The van der Waals surface area contributed by atoms with Crippen LogP contribution in [0.2, 0.25) is 0 Å². The number of rotatable bonds is 5. The lowest BCUT2D eigenvalue weighted by molar-refractivity contribution is -0.117. The average molecular weight is 264 g/mol. The first-order chi connectivity index (χ1) is 8.83. The summed E-state index contributed by atoms with van der Waals surface area (Å²) in [6, 6.07) is 7.86. The van der Waals surface area contributed by atoms with Crippen molar-refractivity contribution >= 4 is 11.6 Å². The van der Waals surface area contributed by atoms with Gasteiger partial charge < -0.3 is 15.0 Å². The predicted octanol–water partition coefficient (Wildman–Crippen LogP) is 2.18. The minimum Gasteiger partial charge on any atom is -0.371 e. The molecule has 0 atom stereocenters. The number of benzene rings is 1. The number of amides is 1. The fourth-order valence-corrected chi connectivity index (χ4v) is 1.53. The molecule has 0 aliphatic carbocycles. The van der Waals surface area contributed by atoms with Crippen LogP contribution >= 0.6 is 0 Å². The fraction of sp³-hybridized carbons (Fsp3) is 0.533. The molecule has 0 spiro atoms. The molecule has 1 aromatic carbocycles. The molecule has 0 unspecified atom stereocenters. The van der Waals surface area contributed by atoms with E-state index in [1.54, 1.807) is 19.0 Å². The Balaban J connectivity index is 2.63. The molecule has 0 saturated heterocycles. The maximum atomic E-state index is 11.7. The van der Waals surface area contributed by atoms with Crippen molar-refractivity contribution in [2.24, 2.45) is 0 Å². The number of anilines is 1. The summed E-state index contributed by atoms with van der Waals surface area (Å²) in [6.45, 7) is 7.02. The van der Waals surface area contributed by atoms with Gasteiger partial charge in [0.2, 0.25) is 5.91 Å². The Morgan fingerprint density at radius 2 is 1.84 bits per heavy atom. The molecular weight excluding hydrogens is 240 g/mol. The Kier molecular flexibility index (Phi) is 5.51. The van der Waals surface area contributed by atoms with Crippen molar-refractivity contribution in [2.45, 2.75) is 33.0 Å². The molecule has 1 amide bonds. The maximum absolute atomic E-state index is 11.7. The van der Waals surface area contributed by atoms with Crippen LogP contribution in [-0.2, 0) is 16.1 Å². The third-order valence-corrected chi connectivity index (χ3v) is 2.70. The molecule has 0 bridgehead atoms. The number of carbonyl (C=O) groups is 1. The lowest BCUT2D eigenvalue weighted by Gasteiger charge is -2.20. The molecule has 1 aromatic rings. The van der Waals surface area contributed by atoms with E-state index in [9.17, 15) is 4.79 Å². The first kappa shape index (κ1) is 15.7. The van der Waals surface area contributed by atoms with Crippen LogP contribution in [0.15, 0.2) is 24.3 Å². The molecule has 106 valence electrons. The molecule has 0 radical (unpaired) electrons. The van der Waals surface area contributed by atoms with E-state index in [1.807, 2.05) is 45.0 Å². The van der Waals surface area contributed by atoms with Gasteiger partial charge in [-0.15, -0.1) is 0 Å². The van der Waals surface area contributed by atoms with Gasteiger partial charge in [0.1, 0.15) is 0 Å². The van der Waals surface area contributed by atoms with E-state index in [1.165, 1.54) is 0 Å². The number of nitrogens with one attached hydrogen (secondary N) is 1. The van der Waals surface area contributed by atoms with Crippen molar-refractivity contribution in [2.75, 3.05) is 25.5 Å². The highest BCUT2D eigenvalue weighted by Gasteiger charge is 2.11. The SMILES string of the molecule is CNCC(=O)N(C)c1ccc(COC(C)(C)C)cc1. The summed E-state index contributed by atoms with van der Waals surface area (Å²) >= 11 is 0. The minimum absolute atomic E-state index is 0.0428. The van der Waals surface area contributed by atoms with Gasteiger partial charge in [-0.2, -0.15) is 0 Å². The Labute approximate surface area is 115 Å². The number of hydrogen-bond acceptors (Lipinski definition) is 3. The van der Waals surface area contributed by atoms with Crippen LogP contribution in [-0.4, -0.2) is 32.1 Å². The second kappa shape index (κ2) is 6.68. The van der Waals surface area contributed by atoms with E-state index in [0.717, 1.165) is 11.3 Å². The zero-order chi connectivity index (χ0) is 14.5. The number of hydrogen-bond donors (Lipinski definition) is 1. The molecule has 4 heteroatoms. The largest absolute Gasteiger partial charge is 0.371 e. The van der Waals surface area contributed by atoms with Crippen LogP contribution in [0.3, 0.4) is 0 Å². The van der Waals surface area contributed by atoms with Gasteiger partial charge in [0.25, 0.3) is 0 Å². The van der Waals surface area contributed by atoms with Crippen LogP contribution in [0, 0.1) is 0 Å². The third-order valence-electron chi connectivity index (χ3n) is 2.70. The molecule has 0 fully saturated rings. The van der Waals surface area contributed by atoms with Gasteiger partial charge in [-0.05, 0) is 45.5 Å². The Morgan fingerprint density at radius 1 is 1.26 bits per heavy atom. The van der Waals surface area contributed by atoms with Gasteiger partial charge in [-0.1, -0.05) is 12.1 Å². The highest BCUT2D eigenvalue weighted by Crippen LogP contribution is 2.16. The normalized spacial score (nSPS) is 11.4. The molecule has 1 rings (SSSR count). The standard InChI is InChI=1S/C15H24N2O2/c1-15(2,3)19-11-12-6-8-13(9-7-12)17(5)14(18)10-16-4/h6-9,16H,10-11H2,1-5H3. The first-order valence-electron chi connectivity index (χ1n) is 6.47. The predicted molar refractivity (Wildman–Crippen MR) is 78.3 cm³/mol. The van der Waals surface area contributed by atoms with Crippen LogP contribution in [0.1, 0.15) is 26.3 Å². The van der Waals surface area contributed by atoms with Crippen molar-refractivity contribution in [3.05, 3.63) is 29.8 Å². The highest BCUT2D eigenvalue weighted by atomic mass is 16.5. The summed E-state index contributed by atoms with van der Waals surface area (Å²) in [5.41, 5.74) is 1.85. The Bertz CT molecular complexity index is 407. The van der Waals surface area contributed by atoms with Gasteiger partial charge in [-0.25, -0.2) is 0 Å². The van der Waals surface area contributed by atoms with E-state index in [4.69, 9.17) is 4.74 Å². The number of carbonyl (C=O) groups excluding carboxylic acids is 1. The number of nitrogens with zero attached hydrogens (tertiary/aromatic N) is 1. The van der Waals surface area contributed by atoms with Crippen LogP contribution in [0.25, 0.3) is 0 Å². The Morgan fingerprint density at radius 3 is 2.32 bits per heavy atom. The second-order valence-corrected chi connectivity index (χ2v) is 5.55. The summed E-state index contributed by atoms with van der Waals surface area (Å²) in [4.78, 5) is 13.4. The third kappa shape index (κ3) is 5.41. The van der Waals surface area contributed by atoms with Gasteiger partial charge in [0.15, 0.2) is 0 Å². The molecule has 19 heavy (non-hydrogen) atoms. The van der Waals surface area contributed by atoms with Crippen LogP contribution in [0.4, 0.5) is 5.69 Å². The maximum Gasteiger partial charge on any atom is 0.240 e. The van der Waals surface area contributed by atoms with Crippen molar-refractivity contribution in [1.29, 1.82) is 0 Å². The summed E-state index contributed by atoms with van der Waals surface area (Å²) in [5.74, 6) is 0.0428. The molecule has 0 aliphatic rings. The van der Waals surface area contributed by atoms with Crippen LogP contribution < -0.4 is 10.2 Å². The highest BCUT2D eigenvalue weighted by molar-refractivity contribution is 5.94. The van der Waals surface area contributed by atoms with Crippen molar-refractivity contribution in [3.63, 3.8) is 0 Å². The van der Waals surface area contributed by atoms with E-state index in [-0.39, 0.29) is 11.5 Å². The summed E-state index contributed by atoms with van der Waals surface area (Å²) in [6.07, 6.45) is 0. The molecule has 1 N–H and O–H groups in total. The zero-order valence-corrected chi connectivity index (χ0v) is 12.5. The van der Waals surface area contributed by atoms with Gasteiger partial charge in [0.05, 0.1) is 18.8 Å². The molecule has 0 heterocycles. The molecule has 4 nitrogen and oxygen atoms in total. The van der Waals surface area contributed by atoms with Crippen molar-refractivity contribution in [3.8, 4) is 0 Å². The average Bonchev–Trinajstić information content (AvgIpc) is 2.35. The van der Waals surface area contributed by atoms with Crippen LogP contribution in [0.5, 0.6) is 0 Å². The van der Waals surface area contributed by atoms with E-state index >= 15 is 0 Å². The monoisotopic (exact) mass is 264 g/mol. The minimum atomic E-state index is -0.141. The number of likely N-dealkylation sites (N-methyl/N-ethyl adjacent to an activating group) is 2. The van der Waals surface area contributed by atoms with E-state index in [0.29, 0.717) is 13.2 Å². The van der Waals surface area contributed by atoms with E-state index < -0.39 is 0 Å². The summed E-state index contributed by atoms with van der Waals surface area (Å²) in [7, 11) is 3.54. The molecule has 0 saturated carbocycles. The van der Waals surface area contributed by atoms with E-state index in [2.05, 4.69) is 5.32 Å². The van der Waals surface area contributed by atoms with Crippen molar-refractivity contribution < 1.29 is 9.53 Å².